The Bertz CT molecular complexity index is 496. The number of rotatable bonds is 12. The van der Waals surface area contributed by atoms with Gasteiger partial charge >= 0.3 is 5.97 Å². The normalized spacial score (nSPS) is 10.4. The summed E-state index contributed by atoms with van der Waals surface area (Å²) in [5.74, 6) is -0.768. The molecule has 0 amide bonds. The first kappa shape index (κ1) is 18.9. The molecule has 1 aromatic rings. The summed E-state index contributed by atoms with van der Waals surface area (Å²) in [6.07, 6.45) is -0.0501. The van der Waals surface area contributed by atoms with E-state index < -0.39 is 26.0 Å². The zero-order valence-electron chi connectivity index (χ0n) is 12.5. The molecule has 0 aromatic heterocycles. The molecule has 130 valence electrons. The highest BCUT2D eigenvalue weighted by Crippen LogP contribution is 2.41. The average molecular weight is 336 g/mol. The van der Waals surface area contributed by atoms with Gasteiger partial charge in [-0.1, -0.05) is 6.07 Å². The van der Waals surface area contributed by atoms with Crippen LogP contribution in [0.1, 0.15) is 12.0 Å². The molecule has 0 fully saturated rings. The van der Waals surface area contributed by atoms with E-state index in [0.717, 1.165) is 0 Å². The Morgan fingerprint density at radius 3 is 2.04 bits per heavy atom. The molecule has 5 nitrogen and oxygen atoms in total. The Hall–Kier alpha value is -2.12. The van der Waals surface area contributed by atoms with E-state index in [-0.39, 0.29) is 49.9 Å². The molecule has 0 saturated heterocycles. The molecular weight excluding hydrogens is 317 g/mol. The van der Waals surface area contributed by atoms with E-state index in [0.29, 0.717) is 5.56 Å². The number of halogens is 3. The first-order valence-corrected chi connectivity index (χ1v) is 7.08. The Kier molecular flexibility index (Phi) is 8.71. The predicted octanol–water partition coefficient (Wildman–Crippen LogP) is 2.75. The molecule has 0 bridgehead atoms. The van der Waals surface area contributed by atoms with Crippen molar-refractivity contribution in [1.82, 2.24) is 0 Å². The molecule has 0 saturated carbocycles. The van der Waals surface area contributed by atoms with Crippen LogP contribution in [0.4, 0.5) is 13.2 Å². The van der Waals surface area contributed by atoms with Crippen molar-refractivity contribution in [3.05, 3.63) is 17.7 Å². The van der Waals surface area contributed by atoms with Gasteiger partial charge < -0.3 is 19.3 Å². The highest BCUT2D eigenvalue weighted by molar-refractivity contribution is 5.67. The molecule has 0 heterocycles. The maximum absolute atomic E-state index is 12.4. The van der Waals surface area contributed by atoms with Crippen LogP contribution in [0.25, 0.3) is 0 Å². The average Bonchev–Trinajstić information content (AvgIpc) is 2.54. The fourth-order valence-electron chi connectivity index (χ4n) is 1.86. The van der Waals surface area contributed by atoms with E-state index in [4.69, 9.17) is 19.3 Å². The molecule has 8 heteroatoms. The van der Waals surface area contributed by atoms with E-state index in [1.807, 2.05) is 0 Å². The topological polar surface area (TPSA) is 65.0 Å². The first-order chi connectivity index (χ1) is 11.1. The van der Waals surface area contributed by atoms with E-state index in [9.17, 15) is 18.0 Å². The van der Waals surface area contributed by atoms with E-state index >= 15 is 0 Å². The van der Waals surface area contributed by atoms with Gasteiger partial charge in [-0.05, 0) is 18.1 Å². The number of hydrogen-bond acceptors (Lipinski definition) is 4. The summed E-state index contributed by atoms with van der Waals surface area (Å²) in [4.78, 5) is 10.7. The van der Waals surface area contributed by atoms with Gasteiger partial charge in [0.1, 0.15) is 39.8 Å². The lowest BCUT2D eigenvalue weighted by atomic mass is 10.1. The SMILES string of the molecule is O=C(O)CCc1ccc(OCCF)c(OCCF)c1OCCF. The minimum Gasteiger partial charge on any atom is -0.487 e. The third-order valence-electron chi connectivity index (χ3n) is 2.75. The first-order valence-electron chi connectivity index (χ1n) is 7.08. The van der Waals surface area contributed by atoms with Crippen LogP contribution in [0.15, 0.2) is 12.1 Å². The fraction of sp³-hybridized carbons (Fsp3) is 0.533. The second-order valence-corrected chi connectivity index (χ2v) is 4.39. The highest BCUT2D eigenvalue weighted by atomic mass is 19.1. The van der Waals surface area contributed by atoms with Crippen molar-refractivity contribution in [3.8, 4) is 17.2 Å². The summed E-state index contributed by atoms with van der Waals surface area (Å²) in [6, 6.07) is 3.00. The third-order valence-corrected chi connectivity index (χ3v) is 2.75. The van der Waals surface area contributed by atoms with Crippen molar-refractivity contribution in [1.29, 1.82) is 0 Å². The Labute approximate surface area is 132 Å². The van der Waals surface area contributed by atoms with Crippen LogP contribution in [0.3, 0.4) is 0 Å². The number of carboxylic acids is 1. The van der Waals surface area contributed by atoms with Crippen LogP contribution in [-0.2, 0) is 11.2 Å². The molecule has 0 spiro atoms. The molecule has 0 radical (unpaired) electrons. The number of alkyl halides is 3. The monoisotopic (exact) mass is 336 g/mol. The van der Waals surface area contributed by atoms with Gasteiger partial charge in [-0.15, -0.1) is 0 Å². The number of hydrogen-bond donors (Lipinski definition) is 1. The number of carbonyl (C=O) groups is 1. The summed E-state index contributed by atoms with van der Waals surface area (Å²) in [7, 11) is 0. The van der Waals surface area contributed by atoms with Gasteiger partial charge in [0, 0.05) is 6.42 Å². The van der Waals surface area contributed by atoms with Crippen LogP contribution in [0, 0.1) is 0 Å². The smallest absolute Gasteiger partial charge is 0.303 e. The molecule has 1 N–H and O–H groups in total. The second-order valence-electron chi connectivity index (χ2n) is 4.39. The summed E-state index contributed by atoms with van der Waals surface area (Å²) >= 11 is 0. The highest BCUT2D eigenvalue weighted by Gasteiger charge is 2.18. The van der Waals surface area contributed by atoms with Crippen LogP contribution >= 0.6 is 0 Å². The third kappa shape index (κ3) is 6.25. The Morgan fingerprint density at radius 1 is 0.913 bits per heavy atom. The zero-order valence-corrected chi connectivity index (χ0v) is 12.5. The molecule has 0 aliphatic carbocycles. The van der Waals surface area contributed by atoms with Crippen molar-refractivity contribution in [2.24, 2.45) is 0 Å². The number of aryl methyl sites for hydroxylation is 1. The van der Waals surface area contributed by atoms with E-state index in [1.165, 1.54) is 12.1 Å². The number of ether oxygens (including phenoxy) is 3. The van der Waals surface area contributed by atoms with Crippen molar-refractivity contribution < 1.29 is 37.3 Å². The largest absolute Gasteiger partial charge is 0.487 e. The lowest BCUT2D eigenvalue weighted by molar-refractivity contribution is -0.136. The molecule has 1 rings (SSSR count). The zero-order chi connectivity index (χ0) is 17.1. The van der Waals surface area contributed by atoms with Gasteiger partial charge in [0.25, 0.3) is 0 Å². The van der Waals surface area contributed by atoms with Crippen molar-refractivity contribution >= 4 is 5.97 Å². The van der Waals surface area contributed by atoms with Crippen molar-refractivity contribution in [3.63, 3.8) is 0 Å². The maximum Gasteiger partial charge on any atom is 0.303 e. The number of carboxylic acid groups (broad SMARTS) is 1. The maximum atomic E-state index is 12.4. The molecule has 23 heavy (non-hydrogen) atoms. The van der Waals surface area contributed by atoms with Crippen molar-refractivity contribution in [2.75, 3.05) is 39.8 Å². The standard InChI is InChI=1S/C15H19F3O5/c16-5-8-21-12-3-1-11(2-4-13(19)20)14(22-9-6-17)15(12)23-10-7-18/h1,3H,2,4-10H2,(H,19,20). The Morgan fingerprint density at radius 2 is 1.48 bits per heavy atom. The minimum absolute atomic E-state index is 0.0208. The van der Waals surface area contributed by atoms with E-state index in [1.54, 1.807) is 0 Å². The van der Waals surface area contributed by atoms with Gasteiger partial charge in [0.2, 0.25) is 5.75 Å². The lowest BCUT2D eigenvalue weighted by Gasteiger charge is -2.18. The summed E-state index contributed by atoms with van der Waals surface area (Å²) < 4.78 is 52.8. The predicted molar refractivity (Wildman–Crippen MR) is 76.8 cm³/mol. The van der Waals surface area contributed by atoms with Crippen LogP contribution < -0.4 is 14.2 Å². The fourth-order valence-corrected chi connectivity index (χ4v) is 1.86. The number of benzene rings is 1. The van der Waals surface area contributed by atoms with E-state index in [2.05, 4.69) is 0 Å². The molecule has 0 atom stereocenters. The second kappa shape index (κ2) is 10.6. The summed E-state index contributed by atoms with van der Waals surface area (Å²) in [5.41, 5.74) is 0.460. The quantitative estimate of drug-likeness (QED) is 0.636. The Balaban J connectivity index is 3.14. The van der Waals surface area contributed by atoms with Gasteiger partial charge in [0.15, 0.2) is 11.5 Å². The molecular formula is C15H19F3O5. The summed E-state index contributed by atoms with van der Waals surface area (Å²) in [5, 5.41) is 8.78. The molecule has 0 unspecified atom stereocenters. The van der Waals surface area contributed by atoms with Crippen molar-refractivity contribution in [2.45, 2.75) is 12.8 Å². The van der Waals surface area contributed by atoms with Gasteiger partial charge in [0.05, 0.1) is 0 Å². The lowest BCUT2D eigenvalue weighted by Crippen LogP contribution is -2.10. The van der Waals surface area contributed by atoms with Crippen LogP contribution in [0.5, 0.6) is 17.2 Å². The molecule has 0 aliphatic heterocycles. The number of aliphatic carboxylic acids is 1. The van der Waals surface area contributed by atoms with Gasteiger partial charge in [-0.2, -0.15) is 0 Å². The minimum atomic E-state index is -1.01. The summed E-state index contributed by atoms with van der Waals surface area (Å²) in [6.45, 7) is -3.08. The molecule has 1 aromatic carbocycles. The van der Waals surface area contributed by atoms with Crippen LogP contribution in [0.2, 0.25) is 0 Å². The van der Waals surface area contributed by atoms with Gasteiger partial charge in [-0.3, -0.25) is 4.79 Å². The van der Waals surface area contributed by atoms with Crippen LogP contribution in [-0.4, -0.2) is 50.9 Å². The van der Waals surface area contributed by atoms with Gasteiger partial charge in [-0.25, -0.2) is 13.2 Å². The molecule has 0 aliphatic rings.